The Kier molecular flexibility index (Phi) is 35.2. The zero-order chi connectivity index (χ0) is 97.6. The highest BCUT2D eigenvalue weighted by molar-refractivity contribution is 6.01. The van der Waals surface area contributed by atoms with E-state index in [4.69, 9.17) is 0 Å². The molecule has 9 nitrogen and oxygen atoms in total. The molecule has 4 aliphatic carbocycles. The Morgan fingerprint density at radius 3 is 1.15 bits per heavy atom. The summed E-state index contributed by atoms with van der Waals surface area (Å²) in [4.78, 5) is 11.5. The Bertz CT molecular complexity index is 6390. The molecular formula is C127H140O9. The number of aliphatic hydroxyl groups is 1. The van der Waals surface area contributed by atoms with Crippen molar-refractivity contribution in [3.05, 3.63) is 409 Å². The summed E-state index contributed by atoms with van der Waals surface area (Å²) in [6.45, 7) is 35.1. The maximum Gasteiger partial charge on any atom is 0.163 e. The first-order valence-corrected chi connectivity index (χ1v) is 48.7. The molecule has 9 heteroatoms. The van der Waals surface area contributed by atoms with E-state index in [0.29, 0.717) is 58.2 Å². The molecule has 4 aliphatic rings. The maximum absolute atomic E-state index is 11.5. The van der Waals surface area contributed by atoms with Crippen molar-refractivity contribution >= 4 is 5.78 Å². The van der Waals surface area contributed by atoms with Crippen LogP contribution in [0.25, 0.3) is 77.9 Å². The minimum atomic E-state index is -0.394. The summed E-state index contributed by atoms with van der Waals surface area (Å²) in [5.41, 5.74) is 38.0. The molecule has 136 heavy (non-hydrogen) atoms. The van der Waals surface area contributed by atoms with Gasteiger partial charge in [-0.05, 0) is 422 Å². The lowest BCUT2D eigenvalue weighted by Crippen LogP contribution is -2.33. The molecular weight excluding hydrogens is 1670 g/mol. The molecule has 2 fully saturated rings. The van der Waals surface area contributed by atoms with Crippen LogP contribution in [-0.2, 0) is 25.7 Å². The molecule has 0 radical (unpaired) electrons. The van der Waals surface area contributed by atoms with E-state index in [1.54, 1.807) is 31.2 Å². The summed E-state index contributed by atoms with van der Waals surface area (Å²) in [7, 11) is 0. The first kappa shape index (κ1) is 101. The number of hydrogen-bond donors (Lipinski definition) is 8. The Labute approximate surface area is 809 Å². The number of benzene rings is 15. The van der Waals surface area contributed by atoms with Crippen LogP contribution in [0.1, 0.15) is 228 Å². The number of hydrogen-bond acceptors (Lipinski definition) is 9. The van der Waals surface area contributed by atoms with Gasteiger partial charge in [-0.3, -0.25) is 4.79 Å². The van der Waals surface area contributed by atoms with Gasteiger partial charge in [0.1, 0.15) is 40.2 Å². The van der Waals surface area contributed by atoms with Gasteiger partial charge in [-0.15, -0.1) is 0 Å². The van der Waals surface area contributed by atoms with Crippen molar-refractivity contribution in [1.29, 1.82) is 0 Å². The lowest BCUT2D eigenvalue weighted by molar-refractivity contribution is 0.0963. The van der Waals surface area contributed by atoms with Crippen LogP contribution in [0.4, 0.5) is 0 Å². The molecule has 0 spiro atoms. The van der Waals surface area contributed by atoms with Gasteiger partial charge in [0.05, 0.1) is 6.10 Å². The molecule has 0 heterocycles. The van der Waals surface area contributed by atoms with Gasteiger partial charge in [-0.1, -0.05) is 284 Å². The summed E-state index contributed by atoms with van der Waals surface area (Å²) in [5.74, 6) is 6.14. The van der Waals surface area contributed by atoms with Crippen LogP contribution in [0.3, 0.4) is 0 Å². The first-order chi connectivity index (χ1) is 65.1. The van der Waals surface area contributed by atoms with Crippen molar-refractivity contribution in [3.63, 3.8) is 0 Å². The van der Waals surface area contributed by atoms with E-state index < -0.39 is 6.10 Å². The lowest BCUT2D eigenvalue weighted by Gasteiger charge is -2.43. The van der Waals surface area contributed by atoms with Crippen LogP contribution in [0.5, 0.6) is 40.2 Å². The molecule has 0 aromatic heterocycles. The number of ketones is 1. The minimum absolute atomic E-state index is 0.247. The number of phenols is 7. The first-order valence-electron chi connectivity index (χ1n) is 48.7. The van der Waals surface area contributed by atoms with Crippen LogP contribution in [0, 0.1) is 93.4 Å². The number of rotatable bonds is 13. The molecule has 702 valence electrons. The number of fused-ring (bicyclic) bond motifs is 3. The minimum Gasteiger partial charge on any atom is -0.508 e. The van der Waals surface area contributed by atoms with E-state index in [1.165, 1.54) is 140 Å². The molecule has 19 rings (SSSR count). The Balaban J connectivity index is 0.000000140. The van der Waals surface area contributed by atoms with Gasteiger partial charge >= 0.3 is 0 Å². The fraction of sp³-hybridized carbons (Fsp3) is 0.283. The van der Waals surface area contributed by atoms with Gasteiger partial charge in [0.15, 0.2) is 5.78 Å². The Hall–Kier alpha value is -13.5. The highest BCUT2D eigenvalue weighted by Gasteiger charge is 2.47. The summed E-state index contributed by atoms with van der Waals surface area (Å²) in [6, 6.07) is 102. The molecule has 2 saturated carbocycles. The number of carbonyl (C=O) groups excluding carboxylic acids is 1. The zero-order valence-corrected chi connectivity index (χ0v) is 82.9. The second-order valence-electron chi connectivity index (χ2n) is 38.5. The summed E-state index contributed by atoms with van der Waals surface area (Å²) in [6.07, 6.45) is 15.0. The van der Waals surface area contributed by atoms with Gasteiger partial charge in [0, 0.05) is 12.0 Å². The molecule has 0 amide bonds. The number of aryl methyl sites for hydroxylation is 15. The zero-order valence-electron chi connectivity index (χ0n) is 82.9. The third-order valence-corrected chi connectivity index (χ3v) is 28.1. The second kappa shape index (κ2) is 47.1. The smallest absolute Gasteiger partial charge is 0.163 e. The Morgan fingerprint density at radius 1 is 0.331 bits per heavy atom. The van der Waals surface area contributed by atoms with Crippen molar-refractivity contribution < 1.29 is 45.6 Å². The summed E-state index contributed by atoms with van der Waals surface area (Å²) >= 11 is 0. The highest BCUT2D eigenvalue weighted by Crippen LogP contribution is 2.58. The van der Waals surface area contributed by atoms with Crippen molar-refractivity contribution in [2.45, 2.75) is 219 Å². The number of aromatic hydroxyl groups is 7. The van der Waals surface area contributed by atoms with Crippen molar-refractivity contribution in [1.82, 2.24) is 0 Å². The van der Waals surface area contributed by atoms with E-state index in [9.17, 15) is 45.6 Å². The largest absolute Gasteiger partial charge is 0.508 e. The predicted molar refractivity (Wildman–Crippen MR) is 568 cm³/mol. The van der Waals surface area contributed by atoms with Crippen LogP contribution >= 0.6 is 0 Å². The fourth-order valence-electron chi connectivity index (χ4n) is 19.6. The number of aliphatic hydroxyl groups excluding tert-OH is 1. The van der Waals surface area contributed by atoms with E-state index >= 15 is 0 Å². The molecule has 3 unspecified atom stereocenters. The van der Waals surface area contributed by atoms with Gasteiger partial charge in [-0.25, -0.2) is 0 Å². The van der Waals surface area contributed by atoms with Crippen molar-refractivity contribution in [2.75, 3.05) is 0 Å². The maximum atomic E-state index is 11.5. The standard InChI is InChI=1S/C19H28O.2C17H20O.C16H16O.C15H12O2.C15H16O.2C14H14O/c1-12-9-16(10-13(2)18(12)20)15-7-8-19(4)14(3)5-6-17(19)11-15;1-4-6-14-7-5-8-15(11-14)16-9-12(2)17(18)13(3)10-16;1-4-5-14-6-8-15(9-7-14)16-10-12(2)17(18)13(3)11-16;1-11-2-3-14-10-13(6-9-16(11)14)12-4-7-15(17)8-5-12;16-13-5-1-10(2-6-13)11-3-7-14-12(9-11)4-8-15(14)17;1-10-4-6-13(7-5-10)14-8-11(2)15(16)12(3)9-14;1-10-8-13(9-11(2)14(10)15)12-6-4-3-5-7-12;1-11(15)12-7-9-14(10-8-12)13-5-3-2-4-6-13/h9-10,14-15,17,20H,5-8,11H2,1-4H3;5,7-11,18H,4,6H2,1-3H3;6-11,18H,4-5H2,1-3H3;4-11,17H,2-3H2,1H3;1-3,5-7,9,16H,4,8H2;4-9,16H,1-3H3;3-9,15H,1-2H3;2-11,15H,1H3/t14-,15?,17+,19+;;;;;;;/m0......./s1. The summed E-state index contributed by atoms with van der Waals surface area (Å²) in [5, 5.41) is 76.9. The molecule has 0 aliphatic heterocycles. The third-order valence-electron chi connectivity index (χ3n) is 28.1. The molecule has 15 aromatic rings. The topological polar surface area (TPSA) is 179 Å². The number of Topliss-reactive ketones (excluding diaryl/α,β-unsaturated/α-hetero) is 1. The van der Waals surface area contributed by atoms with E-state index in [0.717, 1.165) is 132 Å². The Morgan fingerprint density at radius 2 is 0.691 bits per heavy atom. The van der Waals surface area contributed by atoms with Crippen LogP contribution < -0.4 is 0 Å². The van der Waals surface area contributed by atoms with Gasteiger partial charge in [-0.2, -0.15) is 0 Å². The molecule has 0 saturated heterocycles. The number of phenolic OH excluding ortho intramolecular Hbond substituents is 7. The number of carbonyl (C=O) groups is 1. The average Bonchev–Trinajstić information content (AvgIpc) is 1.60. The quantitative estimate of drug-likeness (QED) is 0.0558. The molecule has 8 N–H and O–H groups in total. The monoisotopic (exact) mass is 1810 g/mol. The van der Waals surface area contributed by atoms with Crippen LogP contribution in [0.15, 0.2) is 303 Å². The van der Waals surface area contributed by atoms with E-state index in [-0.39, 0.29) is 11.5 Å². The molecule has 6 atom stereocenters. The lowest BCUT2D eigenvalue weighted by atomic mass is 9.62. The average molecular weight is 1810 g/mol. The highest BCUT2D eigenvalue weighted by atomic mass is 16.3. The fourth-order valence-corrected chi connectivity index (χ4v) is 19.6. The van der Waals surface area contributed by atoms with Gasteiger partial charge < -0.3 is 40.9 Å². The molecule has 15 aromatic carbocycles. The van der Waals surface area contributed by atoms with Gasteiger partial charge in [0.25, 0.3) is 0 Å². The third kappa shape index (κ3) is 26.4. The van der Waals surface area contributed by atoms with Crippen molar-refractivity contribution in [3.8, 4) is 118 Å². The summed E-state index contributed by atoms with van der Waals surface area (Å²) < 4.78 is 0. The normalized spacial score (nSPS) is 15.9. The molecule has 0 bridgehead atoms. The SMILES string of the molecule is CC(O)c1ccc(-c2ccccc2)cc1.CC1CCc2cc(-c3ccc(O)cc3)ccc21.CCCc1ccc(-c2cc(C)c(O)c(C)c2)cc1.CCCc1cccc(-c2cc(C)c(O)c(C)c2)c1.Cc1cc(-c2ccccc2)cc(C)c1O.Cc1cc(C2CC[C@@]3(C)[C@H](CC[C@@H]3C)C2)cc(C)c1O.Cc1ccc(-c2cc(C)c(O)c(C)c2)cc1.O=C1CCc2cc(-c3ccc(O)cc3)ccc21. The van der Waals surface area contributed by atoms with Gasteiger partial charge in [0.2, 0.25) is 0 Å². The van der Waals surface area contributed by atoms with Crippen LogP contribution in [0.2, 0.25) is 0 Å². The second-order valence-corrected chi connectivity index (χ2v) is 38.5. The van der Waals surface area contributed by atoms with E-state index in [1.807, 2.05) is 215 Å². The van der Waals surface area contributed by atoms with E-state index in [2.05, 4.69) is 175 Å². The van der Waals surface area contributed by atoms with Crippen LogP contribution in [-0.4, -0.2) is 46.6 Å². The van der Waals surface area contributed by atoms with Crippen molar-refractivity contribution in [2.24, 2.45) is 17.3 Å². The predicted octanol–water partition coefficient (Wildman–Crippen LogP) is 33.0.